The molecule has 0 spiro atoms. The van der Waals surface area contributed by atoms with Crippen LogP contribution in [-0.4, -0.2) is 5.60 Å². The Balaban J connectivity index is 2.57. The minimum atomic E-state index is -0.135. The van der Waals surface area contributed by atoms with Crippen molar-refractivity contribution in [2.75, 3.05) is 0 Å². The summed E-state index contributed by atoms with van der Waals surface area (Å²) >= 11 is 0. The van der Waals surface area contributed by atoms with E-state index in [0.29, 0.717) is 0 Å². The Labute approximate surface area is 60.8 Å². The van der Waals surface area contributed by atoms with Crippen molar-refractivity contribution in [3.05, 3.63) is 18.6 Å². The maximum absolute atomic E-state index is 5.45. The quantitative estimate of drug-likeness (QED) is 0.597. The first-order valence-electron chi connectivity index (χ1n) is 3.29. The molecule has 2 heteroatoms. The monoisotopic (exact) mass is 140 g/mol. The van der Waals surface area contributed by atoms with Gasteiger partial charge in [0.25, 0.3) is 0 Å². The van der Waals surface area contributed by atoms with E-state index in [1.807, 2.05) is 20.8 Å². The first-order chi connectivity index (χ1) is 4.58. The predicted molar refractivity (Wildman–Crippen MR) is 39.1 cm³/mol. The van der Waals surface area contributed by atoms with Crippen LogP contribution in [0.1, 0.15) is 20.8 Å². The van der Waals surface area contributed by atoms with Crippen LogP contribution in [0.25, 0.3) is 0 Å². The van der Waals surface area contributed by atoms with Gasteiger partial charge in [-0.3, -0.25) is 0 Å². The Kier molecular flexibility index (Phi) is 1.70. The largest absolute Gasteiger partial charge is 0.485 e. The van der Waals surface area contributed by atoms with Crippen LogP contribution in [0.2, 0.25) is 0 Å². The third-order valence-corrected chi connectivity index (χ3v) is 0.919. The van der Waals surface area contributed by atoms with Crippen LogP contribution in [0.5, 0.6) is 5.75 Å². The van der Waals surface area contributed by atoms with Crippen molar-refractivity contribution >= 4 is 0 Å². The molecule has 2 nitrogen and oxygen atoms in total. The molecule has 0 saturated heterocycles. The van der Waals surface area contributed by atoms with Gasteiger partial charge in [0.15, 0.2) is 5.75 Å². The van der Waals surface area contributed by atoms with Gasteiger partial charge in [-0.1, -0.05) is 0 Å². The second kappa shape index (κ2) is 2.37. The second-order valence-electron chi connectivity index (χ2n) is 3.17. The average molecular weight is 140 g/mol. The molecule has 0 aliphatic heterocycles. The Morgan fingerprint density at radius 3 is 2.50 bits per heavy atom. The average Bonchev–Trinajstić information content (AvgIpc) is 2.12. The topological polar surface area (TPSA) is 22.4 Å². The molecule has 56 valence electrons. The highest BCUT2D eigenvalue weighted by molar-refractivity contribution is 5.13. The summed E-state index contributed by atoms with van der Waals surface area (Å²) in [6, 6.07) is 1.80. The lowest BCUT2D eigenvalue weighted by atomic mass is 10.2. The van der Waals surface area contributed by atoms with Gasteiger partial charge in [0.1, 0.15) is 11.9 Å². The van der Waals surface area contributed by atoms with Gasteiger partial charge in [0, 0.05) is 6.07 Å². The molecular formula is C8H12O2. The van der Waals surface area contributed by atoms with E-state index in [9.17, 15) is 0 Å². The zero-order chi connectivity index (χ0) is 7.61. The van der Waals surface area contributed by atoms with Crippen LogP contribution in [0.3, 0.4) is 0 Å². The molecule has 0 fully saturated rings. The number of furan rings is 1. The smallest absolute Gasteiger partial charge is 0.158 e. The highest BCUT2D eigenvalue weighted by Gasteiger charge is 2.11. The van der Waals surface area contributed by atoms with E-state index in [-0.39, 0.29) is 5.60 Å². The van der Waals surface area contributed by atoms with E-state index < -0.39 is 0 Å². The third kappa shape index (κ3) is 2.13. The fourth-order valence-corrected chi connectivity index (χ4v) is 0.664. The summed E-state index contributed by atoms with van der Waals surface area (Å²) in [6.07, 6.45) is 3.19. The highest BCUT2D eigenvalue weighted by Crippen LogP contribution is 2.17. The summed E-state index contributed by atoms with van der Waals surface area (Å²) in [6.45, 7) is 6.00. The van der Waals surface area contributed by atoms with Gasteiger partial charge in [-0.15, -0.1) is 0 Å². The molecular weight excluding hydrogens is 128 g/mol. The molecule has 0 aliphatic carbocycles. The molecule has 0 radical (unpaired) electrons. The van der Waals surface area contributed by atoms with Crippen molar-refractivity contribution in [3.63, 3.8) is 0 Å². The Hall–Kier alpha value is -0.920. The molecule has 1 rings (SSSR count). The zero-order valence-corrected chi connectivity index (χ0v) is 6.55. The molecule has 1 aromatic rings. The fraction of sp³-hybridized carbons (Fsp3) is 0.500. The van der Waals surface area contributed by atoms with E-state index in [1.54, 1.807) is 18.6 Å². The summed E-state index contributed by atoms with van der Waals surface area (Å²) in [5, 5.41) is 0. The van der Waals surface area contributed by atoms with E-state index in [0.717, 1.165) is 5.75 Å². The first-order valence-corrected chi connectivity index (χ1v) is 3.29. The van der Waals surface area contributed by atoms with Crippen LogP contribution in [0.15, 0.2) is 23.0 Å². The van der Waals surface area contributed by atoms with Gasteiger partial charge in [-0.05, 0) is 20.8 Å². The Morgan fingerprint density at radius 1 is 1.40 bits per heavy atom. The summed E-state index contributed by atoms with van der Waals surface area (Å²) in [4.78, 5) is 0. The van der Waals surface area contributed by atoms with Crippen LogP contribution in [0.4, 0.5) is 0 Å². The number of hydrogen-bond acceptors (Lipinski definition) is 2. The predicted octanol–water partition coefficient (Wildman–Crippen LogP) is 2.46. The lowest BCUT2D eigenvalue weighted by Crippen LogP contribution is -2.22. The van der Waals surface area contributed by atoms with Crippen molar-refractivity contribution < 1.29 is 9.15 Å². The van der Waals surface area contributed by atoms with Crippen molar-refractivity contribution in [2.24, 2.45) is 0 Å². The maximum atomic E-state index is 5.45. The van der Waals surface area contributed by atoms with Gasteiger partial charge >= 0.3 is 0 Å². The summed E-state index contributed by atoms with van der Waals surface area (Å²) in [5.74, 6) is 0.785. The van der Waals surface area contributed by atoms with Gasteiger partial charge in [0.2, 0.25) is 0 Å². The molecule has 0 amide bonds. The first kappa shape index (κ1) is 7.19. The lowest BCUT2D eigenvalue weighted by Gasteiger charge is -2.19. The molecule has 0 atom stereocenters. The number of rotatable bonds is 1. The SMILES string of the molecule is CC(C)(C)Oc1ccoc1. The molecule has 1 aromatic heterocycles. The Morgan fingerprint density at radius 2 is 2.10 bits per heavy atom. The molecule has 0 unspecified atom stereocenters. The Bertz CT molecular complexity index is 182. The van der Waals surface area contributed by atoms with Gasteiger partial charge in [0.05, 0.1) is 6.26 Å². The molecule has 0 bridgehead atoms. The standard InChI is InChI=1S/C8H12O2/c1-8(2,3)10-7-4-5-9-6-7/h4-6H,1-3H3. The maximum Gasteiger partial charge on any atom is 0.158 e. The normalized spacial score (nSPS) is 11.5. The number of ether oxygens (including phenoxy) is 1. The van der Waals surface area contributed by atoms with Gasteiger partial charge in [-0.25, -0.2) is 0 Å². The van der Waals surface area contributed by atoms with Crippen LogP contribution < -0.4 is 4.74 Å². The minimum absolute atomic E-state index is 0.135. The molecule has 10 heavy (non-hydrogen) atoms. The molecule has 0 aliphatic rings. The molecule has 0 aromatic carbocycles. The summed E-state index contributed by atoms with van der Waals surface area (Å²) in [7, 11) is 0. The zero-order valence-electron chi connectivity index (χ0n) is 6.55. The van der Waals surface area contributed by atoms with Crippen LogP contribution in [0, 0.1) is 0 Å². The van der Waals surface area contributed by atoms with Gasteiger partial charge < -0.3 is 9.15 Å². The summed E-state index contributed by atoms with van der Waals surface area (Å²) in [5.41, 5.74) is -0.135. The third-order valence-electron chi connectivity index (χ3n) is 0.919. The lowest BCUT2D eigenvalue weighted by molar-refractivity contribution is 0.129. The van der Waals surface area contributed by atoms with E-state index >= 15 is 0 Å². The second-order valence-corrected chi connectivity index (χ2v) is 3.17. The molecule has 0 N–H and O–H groups in total. The van der Waals surface area contributed by atoms with Crippen molar-refractivity contribution in [1.82, 2.24) is 0 Å². The summed E-state index contributed by atoms with van der Waals surface area (Å²) < 4.78 is 10.3. The van der Waals surface area contributed by atoms with Crippen LogP contribution >= 0.6 is 0 Å². The molecule has 1 heterocycles. The minimum Gasteiger partial charge on any atom is -0.485 e. The molecule has 0 saturated carbocycles. The van der Waals surface area contributed by atoms with Crippen LogP contribution in [-0.2, 0) is 0 Å². The van der Waals surface area contributed by atoms with Crippen molar-refractivity contribution in [3.8, 4) is 5.75 Å². The van der Waals surface area contributed by atoms with E-state index in [1.165, 1.54) is 0 Å². The van der Waals surface area contributed by atoms with E-state index in [4.69, 9.17) is 9.15 Å². The van der Waals surface area contributed by atoms with E-state index in [2.05, 4.69) is 0 Å². The van der Waals surface area contributed by atoms with Gasteiger partial charge in [-0.2, -0.15) is 0 Å². The number of hydrogen-bond donors (Lipinski definition) is 0. The fourth-order valence-electron chi connectivity index (χ4n) is 0.664. The highest BCUT2D eigenvalue weighted by atomic mass is 16.5. The van der Waals surface area contributed by atoms with Crippen molar-refractivity contribution in [1.29, 1.82) is 0 Å². The van der Waals surface area contributed by atoms with Crippen molar-refractivity contribution in [2.45, 2.75) is 26.4 Å².